The minimum absolute atomic E-state index is 0.660. The van der Waals surface area contributed by atoms with Crippen molar-refractivity contribution < 1.29 is 0 Å². The Morgan fingerprint density at radius 1 is 1.00 bits per heavy atom. The van der Waals surface area contributed by atoms with Crippen LogP contribution in [0.3, 0.4) is 0 Å². The van der Waals surface area contributed by atoms with Gasteiger partial charge >= 0.3 is 0 Å². The standard InChI is InChI=1S/C15H16N2/c16-10-5-2-6-11-17-12-9-15(13-17)14-7-3-1-4-8-14/h1,3-4,7-9,12-13H,2,5-6,11H2. The summed E-state index contributed by atoms with van der Waals surface area (Å²) in [5, 5.41) is 8.46. The summed E-state index contributed by atoms with van der Waals surface area (Å²) in [5.74, 6) is 0. The topological polar surface area (TPSA) is 28.7 Å². The molecule has 0 amide bonds. The summed E-state index contributed by atoms with van der Waals surface area (Å²) in [6.45, 7) is 0.995. The number of aromatic nitrogens is 1. The predicted molar refractivity (Wildman–Crippen MR) is 69.3 cm³/mol. The van der Waals surface area contributed by atoms with Gasteiger partial charge in [0.2, 0.25) is 0 Å². The summed E-state index contributed by atoms with van der Waals surface area (Å²) < 4.78 is 2.19. The molecular formula is C15H16N2. The minimum atomic E-state index is 0.660. The third kappa shape index (κ3) is 3.22. The summed E-state index contributed by atoms with van der Waals surface area (Å²) in [6, 6.07) is 14.7. The lowest BCUT2D eigenvalue weighted by Gasteiger charge is -2.00. The van der Waals surface area contributed by atoms with E-state index in [2.05, 4.69) is 53.4 Å². The Kier molecular flexibility index (Phi) is 3.99. The van der Waals surface area contributed by atoms with Crippen LogP contribution < -0.4 is 0 Å². The molecule has 0 unspecified atom stereocenters. The summed E-state index contributed by atoms with van der Waals surface area (Å²) >= 11 is 0. The van der Waals surface area contributed by atoms with Crippen LogP contribution in [0.25, 0.3) is 11.1 Å². The Bertz CT molecular complexity index is 491. The highest BCUT2D eigenvalue weighted by Gasteiger charge is 1.99. The number of unbranched alkanes of at least 4 members (excludes halogenated alkanes) is 2. The van der Waals surface area contributed by atoms with E-state index in [0.717, 1.165) is 19.4 Å². The number of hydrogen-bond acceptors (Lipinski definition) is 1. The Morgan fingerprint density at radius 2 is 1.82 bits per heavy atom. The van der Waals surface area contributed by atoms with Gasteiger partial charge in [0, 0.05) is 25.4 Å². The normalized spacial score (nSPS) is 10.1. The fraction of sp³-hybridized carbons (Fsp3) is 0.267. The van der Waals surface area contributed by atoms with Gasteiger partial charge in [-0.1, -0.05) is 30.3 Å². The molecule has 0 fully saturated rings. The number of aryl methyl sites for hydroxylation is 1. The van der Waals surface area contributed by atoms with Gasteiger partial charge in [0.1, 0.15) is 0 Å². The zero-order valence-electron chi connectivity index (χ0n) is 9.84. The van der Waals surface area contributed by atoms with E-state index in [9.17, 15) is 0 Å². The fourth-order valence-corrected chi connectivity index (χ4v) is 1.88. The van der Waals surface area contributed by atoms with Crippen LogP contribution in [-0.2, 0) is 6.54 Å². The number of hydrogen-bond donors (Lipinski definition) is 0. The van der Waals surface area contributed by atoms with E-state index < -0.39 is 0 Å². The number of benzene rings is 1. The molecule has 2 rings (SSSR count). The van der Waals surface area contributed by atoms with Crippen molar-refractivity contribution in [1.29, 1.82) is 5.26 Å². The molecule has 0 N–H and O–H groups in total. The lowest BCUT2D eigenvalue weighted by molar-refractivity contribution is 0.619. The third-order valence-electron chi connectivity index (χ3n) is 2.81. The number of nitrogens with zero attached hydrogens (tertiary/aromatic N) is 2. The molecule has 0 aliphatic carbocycles. The van der Waals surface area contributed by atoms with Crippen LogP contribution in [-0.4, -0.2) is 4.57 Å². The average molecular weight is 224 g/mol. The maximum absolute atomic E-state index is 8.46. The van der Waals surface area contributed by atoms with E-state index in [1.807, 2.05) is 6.07 Å². The molecule has 2 heteroatoms. The number of rotatable bonds is 5. The molecule has 86 valence electrons. The van der Waals surface area contributed by atoms with E-state index in [1.165, 1.54) is 11.1 Å². The second-order valence-electron chi connectivity index (χ2n) is 4.12. The van der Waals surface area contributed by atoms with Gasteiger partial charge in [-0.3, -0.25) is 0 Å². The highest BCUT2D eigenvalue weighted by Crippen LogP contribution is 2.19. The smallest absolute Gasteiger partial charge is 0.0621 e. The van der Waals surface area contributed by atoms with Crippen molar-refractivity contribution in [3.8, 4) is 17.2 Å². The Morgan fingerprint density at radius 3 is 2.59 bits per heavy atom. The molecule has 17 heavy (non-hydrogen) atoms. The minimum Gasteiger partial charge on any atom is -0.354 e. The van der Waals surface area contributed by atoms with Crippen molar-refractivity contribution >= 4 is 0 Å². The van der Waals surface area contributed by atoms with Crippen molar-refractivity contribution in [2.75, 3.05) is 0 Å². The Labute approximate surface area is 102 Å². The van der Waals surface area contributed by atoms with Crippen LogP contribution in [0.4, 0.5) is 0 Å². The van der Waals surface area contributed by atoms with Gasteiger partial charge in [0.15, 0.2) is 0 Å². The van der Waals surface area contributed by atoms with Gasteiger partial charge in [-0.2, -0.15) is 5.26 Å². The highest BCUT2D eigenvalue weighted by atomic mass is 14.9. The monoisotopic (exact) mass is 224 g/mol. The van der Waals surface area contributed by atoms with Crippen molar-refractivity contribution in [1.82, 2.24) is 4.57 Å². The van der Waals surface area contributed by atoms with Crippen LogP contribution in [0, 0.1) is 11.3 Å². The first-order valence-corrected chi connectivity index (χ1v) is 5.98. The summed E-state index contributed by atoms with van der Waals surface area (Å²) in [6.07, 6.45) is 6.98. The van der Waals surface area contributed by atoms with E-state index in [1.54, 1.807) is 0 Å². The molecule has 0 saturated carbocycles. The molecule has 0 radical (unpaired) electrons. The van der Waals surface area contributed by atoms with Crippen molar-refractivity contribution in [2.45, 2.75) is 25.8 Å². The first-order chi connectivity index (χ1) is 8.40. The van der Waals surface area contributed by atoms with Crippen LogP contribution in [0.1, 0.15) is 19.3 Å². The molecular weight excluding hydrogens is 208 g/mol. The fourth-order valence-electron chi connectivity index (χ4n) is 1.88. The van der Waals surface area contributed by atoms with Gasteiger partial charge in [-0.15, -0.1) is 0 Å². The van der Waals surface area contributed by atoms with Crippen molar-refractivity contribution in [3.63, 3.8) is 0 Å². The lowest BCUT2D eigenvalue weighted by Crippen LogP contribution is -1.93. The molecule has 0 spiro atoms. The third-order valence-corrected chi connectivity index (χ3v) is 2.81. The highest BCUT2D eigenvalue weighted by molar-refractivity contribution is 5.62. The lowest BCUT2D eigenvalue weighted by atomic mass is 10.1. The van der Waals surface area contributed by atoms with Crippen LogP contribution in [0.2, 0.25) is 0 Å². The molecule has 0 saturated heterocycles. The first-order valence-electron chi connectivity index (χ1n) is 5.98. The second kappa shape index (κ2) is 5.91. The maximum atomic E-state index is 8.46. The zero-order valence-corrected chi connectivity index (χ0v) is 9.84. The largest absolute Gasteiger partial charge is 0.354 e. The SMILES string of the molecule is N#CCCCCn1ccc(-c2ccccc2)c1. The van der Waals surface area contributed by atoms with Gasteiger partial charge in [-0.05, 0) is 30.0 Å². The van der Waals surface area contributed by atoms with Gasteiger partial charge in [-0.25, -0.2) is 0 Å². The van der Waals surface area contributed by atoms with Crippen LogP contribution in [0.5, 0.6) is 0 Å². The summed E-state index contributed by atoms with van der Waals surface area (Å²) in [7, 11) is 0. The van der Waals surface area contributed by atoms with Crippen molar-refractivity contribution in [2.24, 2.45) is 0 Å². The summed E-state index contributed by atoms with van der Waals surface area (Å²) in [5.41, 5.74) is 2.51. The van der Waals surface area contributed by atoms with E-state index >= 15 is 0 Å². The second-order valence-corrected chi connectivity index (χ2v) is 4.12. The molecule has 1 aromatic carbocycles. The average Bonchev–Trinajstić information content (AvgIpc) is 2.85. The van der Waals surface area contributed by atoms with Crippen LogP contribution >= 0.6 is 0 Å². The van der Waals surface area contributed by atoms with E-state index in [-0.39, 0.29) is 0 Å². The Hall–Kier alpha value is -2.01. The Balaban J connectivity index is 1.95. The van der Waals surface area contributed by atoms with Crippen LogP contribution in [0.15, 0.2) is 48.8 Å². The van der Waals surface area contributed by atoms with E-state index in [4.69, 9.17) is 5.26 Å². The first kappa shape index (κ1) is 11.5. The van der Waals surface area contributed by atoms with Gasteiger partial charge < -0.3 is 4.57 Å². The molecule has 2 nitrogen and oxygen atoms in total. The molecule has 2 aromatic rings. The van der Waals surface area contributed by atoms with E-state index in [0.29, 0.717) is 6.42 Å². The molecule has 0 aliphatic rings. The summed E-state index contributed by atoms with van der Waals surface area (Å²) in [4.78, 5) is 0. The molecule has 0 bridgehead atoms. The quantitative estimate of drug-likeness (QED) is 0.709. The van der Waals surface area contributed by atoms with Gasteiger partial charge in [0.25, 0.3) is 0 Å². The van der Waals surface area contributed by atoms with Gasteiger partial charge in [0.05, 0.1) is 6.07 Å². The molecule has 1 heterocycles. The molecule has 0 atom stereocenters. The van der Waals surface area contributed by atoms with Crippen molar-refractivity contribution in [3.05, 3.63) is 48.8 Å². The predicted octanol–water partition coefficient (Wildman–Crippen LogP) is 3.85. The number of nitriles is 1. The molecule has 0 aliphatic heterocycles. The maximum Gasteiger partial charge on any atom is 0.0621 e. The molecule has 1 aromatic heterocycles. The zero-order chi connectivity index (χ0) is 11.9.